The van der Waals surface area contributed by atoms with E-state index in [9.17, 15) is 4.79 Å². The third-order valence-electron chi connectivity index (χ3n) is 1.88. The van der Waals surface area contributed by atoms with E-state index in [1.807, 2.05) is 16.8 Å². The molecule has 0 aromatic carbocycles. The fourth-order valence-corrected chi connectivity index (χ4v) is 2.36. The van der Waals surface area contributed by atoms with Crippen LogP contribution in [0, 0.1) is 0 Å². The van der Waals surface area contributed by atoms with Gasteiger partial charge in [0.1, 0.15) is 0 Å². The number of hydrogen-bond acceptors (Lipinski definition) is 5. The van der Waals surface area contributed by atoms with Gasteiger partial charge in [0.15, 0.2) is 5.13 Å². The number of carbonyl (C=O) groups is 1. The molecule has 3 N–H and O–H groups in total. The van der Waals surface area contributed by atoms with Gasteiger partial charge in [0.25, 0.3) is 0 Å². The molecule has 0 bridgehead atoms. The molecule has 2 aromatic heterocycles. The fourth-order valence-electron chi connectivity index (χ4n) is 1.18. The monoisotopic (exact) mass is 252 g/mol. The van der Waals surface area contributed by atoms with E-state index in [0.717, 1.165) is 5.56 Å². The molecule has 0 spiro atoms. The average molecular weight is 252 g/mol. The van der Waals surface area contributed by atoms with E-state index in [2.05, 4.69) is 4.98 Å². The van der Waals surface area contributed by atoms with Gasteiger partial charge in [-0.1, -0.05) is 0 Å². The number of rotatable bonds is 3. The number of thiazole rings is 1. The second-order valence-electron chi connectivity index (χ2n) is 2.99. The molecule has 2 heterocycles. The van der Waals surface area contributed by atoms with Gasteiger partial charge in [-0.2, -0.15) is 11.3 Å². The molecule has 0 saturated carbocycles. The lowest BCUT2D eigenvalue weighted by molar-refractivity contribution is -0.130. The van der Waals surface area contributed by atoms with Gasteiger partial charge in [-0.25, -0.2) is 9.78 Å². The number of carboxylic acids is 1. The molecule has 0 amide bonds. The molecular weight excluding hydrogens is 244 g/mol. The van der Waals surface area contributed by atoms with Crippen LogP contribution in [0.3, 0.4) is 0 Å². The molecule has 0 aliphatic heterocycles. The summed E-state index contributed by atoms with van der Waals surface area (Å²) < 4.78 is 0. The zero-order chi connectivity index (χ0) is 11.5. The highest BCUT2D eigenvalue weighted by Gasteiger charge is 2.13. The minimum absolute atomic E-state index is 0.159. The van der Waals surface area contributed by atoms with Gasteiger partial charge in [0.05, 0.1) is 11.3 Å². The zero-order valence-electron chi connectivity index (χ0n) is 8.08. The molecule has 0 saturated heterocycles. The van der Waals surface area contributed by atoms with E-state index in [0.29, 0.717) is 10.8 Å². The summed E-state index contributed by atoms with van der Waals surface area (Å²) >= 11 is 2.74. The fraction of sp³-hybridized carbons (Fsp3) is 0. The molecule has 0 radical (unpaired) electrons. The van der Waals surface area contributed by atoms with Gasteiger partial charge < -0.3 is 10.8 Å². The topological polar surface area (TPSA) is 76.2 Å². The Bertz CT molecular complexity index is 529. The number of nitrogens with zero attached hydrogens (tertiary/aromatic N) is 1. The number of hydrogen-bond donors (Lipinski definition) is 2. The lowest BCUT2D eigenvalue weighted by Crippen LogP contribution is -2.00. The largest absolute Gasteiger partial charge is 0.478 e. The summed E-state index contributed by atoms with van der Waals surface area (Å²) in [4.78, 5) is 15.1. The van der Waals surface area contributed by atoms with Crippen LogP contribution in [-0.4, -0.2) is 16.1 Å². The summed E-state index contributed by atoms with van der Waals surface area (Å²) in [5.74, 6) is -1.00. The summed E-state index contributed by atoms with van der Waals surface area (Å²) in [6.45, 7) is 0. The first kappa shape index (κ1) is 10.8. The molecule has 4 nitrogen and oxygen atoms in total. The number of aliphatic carboxylic acids is 1. The first-order chi connectivity index (χ1) is 7.66. The van der Waals surface area contributed by atoms with Crippen molar-refractivity contribution in [3.05, 3.63) is 33.5 Å². The minimum Gasteiger partial charge on any atom is -0.478 e. The van der Waals surface area contributed by atoms with Crippen LogP contribution in [0.15, 0.2) is 22.2 Å². The molecule has 0 aliphatic rings. The van der Waals surface area contributed by atoms with Gasteiger partial charge in [-0.05, 0) is 28.5 Å². The molecule has 2 rings (SSSR count). The van der Waals surface area contributed by atoms with Crippen LogP contribution in [0.25, 0.3) is 11.6 Å². The van der Waals surface area contributed by atoms with E-state index in [-0.39, 0.29) is 5.57 Å². The maximum Gasteiger partial charge on any atom is 0.337 e. The van der Waals surface area contributed by atoms with Crippen molar-refractivity contribution in [2.75, 3.05) is 5.73 Å². The van der Waals surface area contributed by atoms with Crippen molar-refractivity contribution in [2.24, 2.45) is 0 Å². The van der Waals surface area contributed by atoms with Crippen LogP contribution in [0.2, 0.25) is 0 Å². The number of carboxylic acid groups (broad SMARTS) is 1. The summed E-state index contributed by atoms with van der Waals surface area (Å²) in [7, 11) is 0. The SMILES string of the molecule is Nc1nc(C(=Cc2ccsc2)C(=O)O)cs1. The summed E-state index contributed by atoms with van der Waals surface area (Å²) in [6.07, 6.45) is 1.59. The van der Waals surface area contributed by atoms with Crippen LogP contribution in [0.1, 0.15) is 11.3 Å². The molecule has 0 fully saturated rings. The molecule has 16 heavy (non-hydrogen) atoms. The third kappa shape index (κ3) is 2.29. The van der Waals surface area contributed by atoms with Crippen molar-refractivity contribution in [1.29, 1.82) is 0 Å². The van der Waals surface area contributed by atoms with Crippen molar-refractivity contribution >= 4 is 45.4 Å². The molecule has 6 heteroatoms. The Kier molecular flexibility index (Phi) is 3.02. The second-order valence-corrected chi connectivity index (χ2v) is 4.66. The Labute approximate surface area is 99.7 Å². The number of nitrogen functional groups attached to an aromatic ring is 1. The predicted molar refractivity (Wildman–Crippen MR) is 66.4 cm³/mol. The van der Waals surface area contributed by atoms with Crippen LogP contribution < -0.4 is 5.73 Å². The van der Waals surface area contributed by atoms with Gasteiger partial charge in [-0.3, -0.25) is 0 Å². The number of thiophene rings is 1. The predicted octanol–water partition coefficient (Wildman–Crippen LogP) is 2.41. The first-order valence-corrected chi connectivity index (χ1v) is 6.17. The first-order valence-electron chi connectivity index (χ1n) is 4.35. The van der Waals surface area contributed by atoms with Crippen molar-refractivity contribution in [3.63, 3.8) is 0 Å². The Morgan fingerprint density at radius 3 is 2.81 bits per heavy atom. The summed E-state index contributed by atoms with van der Waals surface area (Å²) in [6, 6.07) is 1.85. The Balaban J connectivity index is 2.42. The minimum atomic E-state index is -1.00. The van der Waals surface area contributed by atoms with Crippen LogP contribution >= 0.6 is 22.7 Å². The van der Waals surface area contributed by atoms with Gasteiger partial charge >= 0.3 is 5.97 Å². The number of anilines is 1. The van der Waals surface area contributed by atoms with Crippen LogP contribution in [-0.2, 0) is 4.79 Å². The highest BCUT2D eigenvalue weighted by atomic mass is 32.1. The average Bonchev–Trinajstić information content (AvgIpc) is 2.84. The molecule has 82 valence electrons. The number of nitrogens with two attached hydrogens (primary N) is 1. The maximum atomic E-state index is 11.1. The Morgan fingerprint density at radius 1 is 1.50 bits per heavy atom. The van der Waals surface area contributed by atoms with E-state index < -0.39 is 5.97 Å². The Morgan fingerprint density at radius 2 is 2.31 bits per heavy atom. The molecule has 0 atom stereocenters. The lowest BCUT2D eigenvalue weighted by Gasteiger charge is -1.96. The highest BCUT2D eigenvalue weighted by molar-refractivity contribution is 7.13. The van der Waals surface area contributed by atoms with E-state index in [4.69, 9.17) is 10.8 Å². The second kappa shape index (κ2) is 4.46. The maximum absolute atomic E-state index is 11.1. The summed E-state index contributed by atoms with van der Waals surface area (Å²) in [5, 5.41) is 14.9. The summed E-state index contributed by atoms with van der Waals surface area (Å²) in [5.41, 5.74) is 6.90. The lowest BCUT2D eigenvalue weighted by atomic mass is 10.1. The molecule has 0 aliphatic carbocycles. The quantitative estimate of drug-likeness (QED) is 0.822. The Hall–Kier alpha value is -1.66. The van der Waals surface area contributed by atoms with Crippen molar-refractivity contribution in [3.8, 4) is 0 Å². The van der Waals surface area contributed by atoms with Crippen LogP contribution in [0.5, 0.6) is 0 Å². The zero-order valence-corrected chi connectivity index (χ0v) is 9.72. The molecule has 0 unspecified atom stereocenters. The standard InChI is InChI=1S/C10H8N2O2S2/c11-10-12-8(5-16-10)7(9(13)14)3-6-1-2-15-4-6/h1-5H,(H2,11,12)(H,13,14). The van der Waals surface area contributed by atoms with Crippen molar-refractivity contribution < 1.29 is 9.90 Å². The normalized spacial score (nSPS) is 11.6. The smallest absolute Gasteiger partial charge is 0.337 e. The van der Waals surface area contributed by atoms with Crippen LogP contribution in [0.4, 0.5) is 5.13 Å². The highest BCUT2D eigenvalue weighted by Crippen LogP contribution is 2.22. The molecule has 2 aromatic rings. The van der Waals surface area contributed by atoms with Crippen molar-refractivity contribution in [1.82, 2.24) is 4.98 Å². The van der Waals surface area contributed by atoms with Gasteiger partial charge in [0, 0.05) is 5.38 Å². The molecular formula is C10H8N2O2S2. The third-order valence-corrected chi connectivity index (χ3v) is 3.26. The van der Waals surface area contributed by atoms with Gasteiger partial charge in [0.2, 0.25) is 0 Å². The van der Waals surface area contributed by atoms with E-state index in [1.54, 1.807) is 11.5 Å². The van der Waals surface area contributed by atoms with Crippen molar-refractivity contribution in [2.45, 2.75) is 0 Å². The number of aromatic nitrogens is 1. The van der Waals surface area contributed by atoms with E-state index in [1.165, 1.54) is 22.7 Å². The van der Waals surface area contributed by atoms with Gasteiger partial charge in [-0.15, -0.1) is 11.3 Å². The van der Waals surface area contributed by atoms with E-state index >= 15 is 0 Å².